The number of hydrogen-bond donors (Lipinski definition) is 2. The summed E-state index contributed by atoms with van der Waals surface area (Å²) in [7, 11) is -4.67. The molecule has 0 atom stereocenters. The van der Waals surface area contributed by atoms with Gasteiger partial charge in [0.25, 0.3) is 0 Å². The summed E-state index contributed by atoms with van der Waals surface area (Å²) in [6.07, 6.45) is 0. The molecular weight excluding hydrogens is 162 g/mol. The van der Waals surface area contributed by atoms with Crippen LogP contribution in [0.15, 0.2) is 0 Å². The fraction of sp³-hybridized carbons (Fsp3) is 0. The van der Waals surface area contributed by atoms with Crippen LogP contribution >= 0.6 is 0 Å². The Bertz CT molecular complexity index is 94.9. The zero-order valence-electron chi connectivity index (χ0n) is 2.45. The van der Waals surface area contributed by atoms with E-state index in [-0.39, 0.29) is 35.6 Å². The average Bonchev–Trinajstić information content (AvgIpc) is 0.722. The Hall–Kier alpha value is 0.974. The molecule has 0 rings (SSSR count). The van der Waals surface area contributed by atoms with Crippen molar-refractivity contribution in [2.45, 2.75) is 0 Å². The number of rotatable bonds is 0. The minimum absolute atomic E-state index is 0. The van der Waals surface area contributed by atoms with Gasteiger partial charge >= 0.3 is 29.3 Å². The first kappa shape index (κ1) is 15.7. The van der Waals surface area contributed by atoms with E-state index in [1.807, 2.05) is 0 Å². The van der Waals surface area contributed by atoms with Gasteiger partial charge < -0.3 is 0 Å². The molecule has 0 bridgehead atoms. The Kier molecular flexibility index (Phi) is 11.5. The van der Waals surface area contributed by atoms with E-state index >= 15 is 0 Å². The maximum absolute atomic E-state index is 8.74. The molecule has 0 aliphatic heterocycles. The van der Waals surface area contributed by atoms with Gasteiger partial charge in [-0.05, 0) is 0 Å². The van der Waals surface area contributed by atoms with Crippen molar-refractivity contribution in [3.8, 4) is 0 Å². The summed E-state index contributed by atoms with van der Waals surface area (Å²) in [5.41, 5.74) is 0. The van der Waals surface area contributed by atoms with Gasteiger partial charge in [0.05, 0.1) is 0 Å². The van der Waals surface area contributed by atoms with E-state index in [9.17, 15) is 0 Å². The van der Waals surface area contributed by atoms with E-state index < -0.39 is 10.4 Å². The minimum atomic E-state index is -4.67. The van der Waals surface area contributed by atoms with Crippen molar-refractivity contribution in [2.24, 2.45) is 0 Å². The second-order valence-corrected chi connectivity index (χ2v) is 1.34. The SMILES string of the molecule is O=S(=O)(O)O.[Co].[LiH]. The fourth-order valence-electron chi connectivity index (χ4n) is 0. The molecule has 0 amide bonds. The Morgan fingerprint density at radius 1 is 1.14 bits per heavy atom. The van der Waals surface area contributed by atoms with Crippen molar-refractivity contribution < 1.29 is 34.3 Å². The third-order valence-corrected chi connectivity index (χ3v) is 0. The molecule has 7 heavy (non-hydrogen) atoms. The van der Waals surface area contributed by atoms with Crippen molar-refractivity contribution in [2.75, 3.05) is 0 Å². The van der Waals surface area contributed by atoms with E-state index in [1.54, 1.807) is 0 Å². The van der Waals surface area contributed by atoms with Gasteiger partial charge in [-0.1, -0.05) is 0 Å². The van der Waals surface area contributed by atoms with Gasteiger partial charge in [0.1, 0.15) is 0 Å². The molecule has 7 heteroatoms. The van der Waals surface area contributed by atoms with Gasteiger partial charge in [0, 0.05) is 16.8 Å². The summed E-state index contributed by atoms with van der Waals surface area (Å²) in [5, 5.41) is 0. The molecule has 0 unspecified atom stereocenters. The zero-order valence-corrected chi connectivity index (χ0v) is 4.31. The van der Waals surface area contributed by atoms with E-state index in [1.165, 1.54) is 0 Å². The molecule has 0 saturated heterocycles. The summed E-state index contributed by atoms with van der Waals surface area (Å²) >= 11 is 0. The van der Waals surface area contributed by atoms with Crippen molar-refractivity contribution >= 4 is 29.3 Å². The second-order valence-electron chi connectivity index (χ2n) is 0.448. The monoisotopic (exact) mass is 165 g/mol. The molecule has 2 N–H and O–H groups in total. The summed E-state index contributed by atoms with van der Waals surface area (Å²) in [6, 6.07) is 0. The van der Waals surface area contributed by atoms with Crippen LogP contribution in [0.1, 0.15) is 0 Å². The molecule has 4 nitrogen and oxygen atoms in total. The summed E-state index contributed by atoms with van der Waals surface area (Å²) in [6.45, 7) is 0. The Morgan fingerprint density at radius 3 is 1.14 bits per heavy atom. The first-order chi connectivity index (χ1) is 2.00. The fourth-order valence-corrected chi connectivity index (χ4v) is 0. The molecule has 0 spiro atoms. The van der Waals surface area contributed by atoms with Crippen molar-refractivity contribution in [3.63, 3.8) is 0 Å². The Labute approximate surface area is 63.6 Å². The van der Waals surface area contributed by atoms with Crippen LogP contribution in [-0.2, 0) is 27.2 Å². The molecule has 43 valence electrons. The van der Waals surface area contributed by atoms with E-state index in [0.29, 0.717) is 0 Å². The zero-order chi connectivity index (χ0) is 4.50. The van der Waals surface area contributed by atoms with Crippen LogP contribution in [0.5, 0.6) is 0 Å². The number of hydrogen-bond acceptors (Lipinski definition) is 2. The van der Waals surface area contributed by atoms with E-state index in [0.717, 1.165) is 0 Å². The van der Waals surface area contributed by atoms with Crippen molar-refractivity contribution in [1.29, 1.82) is 0 Å². The van der Waals surface area contributed by atoms with Crippen LogP contribution in [0, 0.1) is 0 Å². The summed E-state index contributed by atoms with van der Waals surface area (Å²) < 4.78 is 31.6. The normalized spacial score (nSPS) is 8.29. The van der Waals surface area contributed by atoms with Gasteiger partial charge in [-0.25, -0.2) is 0 Å². The predicted octanol–water partition coefficient (Wildman–Crippen LogP) is -1.30. The van der Waals surface area contributed by atoms with Crippen LogP contribution < -0.4 is 0 Å². The average molecular weight is 165 g/mol. The molecule has 0 heterocycles. The van der Waals surface area contributed by atoms with Crippen LogP contribution in [0.25, 0.3) is 0 Å². The van der Waals surface area contributed by atoms with Gasteiger partial charge in [0.2, 0.25) is 0 Å². The quantitative estimate of drug-likeness (QED) is 0.345. The van der Waals surface area contributed by atoms with Gasteiger partial charge in [-0.15, -0.1) is 0 Å². The molecule has 0 aromatic heterocycles. The van der Waals surface area contributed by atoms with Crippen LogP contribution in [0.2, 0.25) is 0 Å². The second kappa shape index (κ2) is 5.12. The molecule has 0 aromatic carbocycles. The summed E-state index contributed by atoms with van der Waals surface area (Å²) in [5.74, 6) is 0. The molecule has 0 aliphatic carbocycles. The van der Waals surface area contributed by atoms with Crippen LogP contribution in [-0.4, -0.2) is 36.4 Å². The van der Waals surface area contributed by atoms with Gasteiger partial charge in [0.15, 0.2) is 0 Å². The Morgan fingerprint density at radius 2 is 1.14 bits per heavy atom. The third kappa shape index (κ3) is 182. The molecule has 0 fully saturated rings. The Balaban J connectivity index is -0.0000000800. The molecule has 0 aliphatic rings. The van der Waals surface area contributed by atoms with Crippen LogP contribution in [0.4, 0.5) is 0 Å². The molecule has 1 radical (unpaired) electrons. The first-order valence-corrected chi connectivity index (χ1v) is 2.10. The third-order valence-electron chi connectivity index (χ3n) is 0. The van der Waals surface area contributed by atoms with Crippen molar-refractivity contribution in [3.05, 3.63) is 0 Å². The molecule has 0 saturated carbocycles. The van der Waals surface area contributed by atoms with Crippen molar-refractivity contribution in [1.82, 2.24) is 0 Å². The van der Waals surface area contributed by atoms with Gasteiger partial charge in [-0.3, -0.25) is 9.11 Å². The topological polar surface area (TPSA) is 74.6 Å². The summed E-state index contributed by atoms with van der Waals surface area (Å²) in [4.78, 5) is 0. The maximum atomic E-state index is 8.74. The molecular formula is H3CoLiO4S. The first-order valence-electron chi connectivity index (χ1n) is 0.698. The van der Waals surface area contributed by atoms with E-state index in [2.05, 4.69) is 0 Å². The van der Waals surface area contributed by atoms with Gasteiger partial charge in [-0.2, -0.15) is 8.42 Å². The van der Waals surface area contributed by atoms with E-state index in [4.69, 9.17) is 17.5 Å². The standard InChI is InChI=1S/Co.Li.H2O4S.H/c;;1-5(2,3)4;/h;;(H2,1,2,3,4);. The van der Waals surface area contributed by atoms with Crippen LogP contribution in [0.3, 0.4) is 0 Å². The molecule has 0 aromatic rings. The predicted molar refractivity (Wildman–Crippen MR) is 21.3 cm³/mol.